The first-order valence-corrected chi connectivity index (χ1v) is 9.62. The minimum Gasteiger partial charge on any atom is -0.337 e. The molecule has 0 unspecified atom stereocenters. The lowest BCUT2D eigenvalue weighted by Crippen LogP contribution is -2.45. The third-order valence-corrected chi connectivity index (χ3v) is 5.40. The summed E-state index contributed by atoms with van der Waals surface area (Å²) >= 11 is 7.68. The highest BCUT2D eigenvalue weighted by Crippen LogP contribution is 2.30. The fourth-order valence-electron chi connectivity index (χ4n) is 2.82. The van der Waals surface area contributed by atoms with E-state index in [9.17, 15) is 4.79 Å². The van der Waals surface area contributed by atoms with E-state index in [0.717, 1.165) is 5.56 Å². The number of benzene rings is 1. The van der Waals surface area contributed by atoms with E-state index in [1.54, 1.807) is 0 Å². The second kappa shape index (κ2) is 8.23. The first-order chi connectivity index (χ1) is 11.7. The van der Waals surface area contributed by atoms with Crippen molar-refractivity contribution in [1.82, 2.24) is 19.7 Å². The number of hydrogen-bond acceptors (Lipinski definition) is 4. The molecule has 0 bridgehead atoms. The molecule has 25 heavy (non-hydrogen) atoms. The molecule has 0 radical (unpaired) electrons. The number of hydrogen-bond donors (Lipinski definition) is 0. The number of nitrogens with zero attached hydrogens (tertiary/aromatic N) is 4. The summed E-state index contributed by atoms with van der Waals surface area (Å²) in [6.45, 7) is 10.1. The summed E-state index contributed by atoms with van der Waals surface area (Å²) in [6, 6.07) is 7.85. The van der Waals surface area contributed by atoms with E-state index < -0.39 is 0 Å². The van der Waals surface area contributed by atoms with Gasteiger partial charge in [-0.25, -0.2) is 0 Å². The van der Waals surface area contributed by atoms with Crippen molar-refractivity contribution in [3.05, 3.63) is 29.3 Å². The van der Waals surface area contributed by atoms with E-state index in [-0.39, 0.29) is 23.2 Å². The number of thioether (sulfide) groups is 1. The summed E-state index contributed by atoms with van der Waals surface area (Å²) < 4.78 is 1.88. The van der Waals surface area contributed by atoms with Crippen molar-refractivity contribution in [2.24, 2.45) is 7.05 Å². The van der Waals surface area contributed by atoms with Crippen LogP contribution < -0.4 is 0 Å². The van der Waals surface area contributed by atoms with Crippen LogP contribution in [0.3, 0.4) is 0 Å². The van der Waals surface area contributed by atoms with E-state index in [1.807, 2.05) is 75.4 Å². The Balaban J connectivity index is 2.21. The Bertz CT molecular complexity index is 736. The normalized spacial score (nSPS) is 12.7. The molecule has 5 nitrogen and oxygen atoms in total. The second-order valence-corrected chi connectivity index (χ2v) is 8.25. The predicted octanol–water partition coefficient (Wildman–Crippen LogP) is 4.26. The van der Waals surface area contributed by atoms with Gasteiger partial charge in [-0.2, -0.15) is 0 Å². The smallest absolute Gasteiger partial charge is 0.236 e. The zero-order valence-corrected chi connectivity index (χ0v) is 17.1. The zero-order chi connectivity index (χ0) is 18.7. The van der Waals surface area contributed by atoms with Crippen LogP contribution in [0.15, 0.2) is 29.4 Å². The lowest BCUT2D eigenvalue weighted by atomic mass is 10.2. The molecule has 0 aliphatic carbocycles. The Kier molecular flexibility index (Phi) is 6.52. The number of rotatable bonds is 6. The third kappa shape index (κ3) is 4.36. The van der Waals surface area contributed by atoms with E-state index >= 15 is 0 Å². The van der Waals surface area contributed by atoms with Crippen molar-refractivity contribution in [2.75, 3.05) is 0 Å². The summed E-state index contributed by atoms with van der Waals surface area (Å²) in [4.78, 5) is 14.7. The Morgan fingerprint density at radius 1 is 1.12 bits per heavy atom. The van der Waals surface area contributed by atoms with E-state index in [1.165, 1.54) is 11.8 Å². The van der Waals surface area contributed by atoms with Gasteiger partial charge < -0.3 is 9.47 Å². The molecule has 2 aromatic rings. The SMILES string of the molecule is CC(C)N(C(=O)[C@@H](C)Sc1nnc(-c2ccccc2Cl)n1C)C(C)C. The van der Waals surface area contributed by atoms with Crippen molar-refractivity contribution in [2.45, 2.75) is 57.1 Å². The van der Waals surface area contributed by atoms with Gasteiger partial charge in [0.05, 0.1) is 10.3 Å². The molecule has 2 rings (SSSR count). The van der Waals surface area contributed by atoms with Crippen LogP contribution in [0.1, 0.15) is 34.6 Å². The highest BCUT2D eigenvalue weighted by Gasteiger charge is 2.27. The van der Waals surface area contributed by atoms with Crippen molar-refractivity contribution in [3.8, 4) is 11.4 Å². The molecule has 136 valence electrons. The fourth-order valence-corrected chi connectivity index (χ4v) is 3.91. The molecule has 0 fully saturated rings. The summed E-state index contributed by atoms with van der Waals surface area (Å²) in [6.07, 6.45) is 0. The molecular weight excluding hydrogens is 356 g/mol. The summed E-state index contributed by atoms with van der Waals surface area (Å²) in [5, 5.41) is 9.59. The largest absolute Gasteiger partial charge is 0.337 e. The van der Waals surface area contributed by atoms with Crippen LogP contribution in [0.2, 0.25) is 5.02 Å². The van der Waals surface area contributed by atoms with E-state index in [0.29, 0.717) is 16.0 Å². The molecule has 1 amide bonds. The molecule has 0 saturated heterocycles. The van der Waals surface area contributed by atoms with Crippen LogP contribution in [0.5, 0.6) is 0 Å². The summed E-state index contributed by atoms with van der Waals surface area (Å²) in [5.41, 5.74) is 0.830. The van der Waals surface area contributed by atoms with Gasteiger partial charge >= 0.3 is 0 Å². The van der Waals surface area contributed by atoms with E-state index in [4.69, 9.17) is 11.6 Å². The minimum absolute atomic E-state index is 0.109. The van der Waals surface area contributed by atoms with Gasteiger partial charge in [0.25, 0.3) is 0 Å². The minimum atomic E-state index is -0.244. The van der Waals surface area contributed by atoms with Gasteiger partial charge in [0.2, 0.25) is 5.91 Å². The number of amides is 1. The van der Waals surface area contributed by atoms with Crippen LogP contribution in [0.25, 0.3) is 11.4 Å². The van der Waals surface area contributed by atoms with Gasteiger partial charge in [-0.05, 0) is 46.8 Å². The predicted molar refractivity (Wildman–Crippen MR) is 104 cm³/mol. The molecule has 7 heteroatoms. The maximum absolute atomic E-state index is 12.8. The molecule has 1 aromatic carbocycles. The maximum atomic E-state index is 12.8. The Morgan fingerprint density at radius 3 is 2.28 bits per heavy atom. The maximum Gasteiger partial charge on any atom is 0.236 e. The number of carbonyl (C=O) groups excluding carboxylic acids is 1. The van der Waals surface area contributed by atoms with Crippen LogP contribution in [-0.4, -0.2) is 42.9 Å². The zero-order valence-electron chi connectivity index (χ0n) is 15.5. The van der Waals surface area contributed by atoms with Gasteiger partial charge in [0, 0.05) is 24.7 Å². The second-order valence-electron chi connectivity index (χ2n) is 6.54. The van der Waals surface area contributed by atoms with Crippen LogP contribution in [0.4, 0.5) is 0 Å². The average Bonchev–Trinajstić information content (AvgIpc) is 2.88. The molecule has 1 heterocycles. The number of carbonyl (C=O) groups is 1. The van der Waals surface area contributed by atoms with Crippen molar-refractivity contribution in [3.63, 3.8) is 0 Å². The molecule has 1 atom stereocenters. The number of halogens is 1. The topological polar surface area (TPSA) is 51.0 Å². The average molecular weight is 381 g/mol. The highest BCUT2D eigenvalue weighted by atomic mass is 35.5. The van der Waals surface area contributed by atoms with Crippen LogP contribution in [0, 0.1) is 0 Å². The van der Waals surface area contributed by atoms with Gasteiger partial charge in [0.15, 0.2) is 11.0 Å². The highest BCUT2D eigenvalue weighted by molar-refractivity contribution is 8.00. The number of aromatic nitrogens is 3. The summed E-state index contributed by atoms with van der Waals surface area (Å²) in [5.74, 6) is 0.801. The molecular formula is C18H25ClN4OS. The molecule has 0 saturated carbocycles. The third-order valence-electron chi connectivity index (χ3n) is 3.95. The monoisotopic (exact) mass is 380 g/mol. The van der Waals surface area contributed by atoms with Gasteiger partial charge in [-0.15, -0.1) is 10.2 Å². The van der Waals surface area contributed by atoms with Gasteiger partial charge in [-0.1, -0.05) is 35.5 Å². The molecule has 0 aliphatic heterocycles. The molecule has 0 aliphatic rings. The Labute approximate surface area is 158 Å². The standard InChI is InChI=1S/C18H25ClN4OS/c1-11(2)23(12(3)4)17(24)13(5)25-18-21-20-16(22(18)6)14-9-7-8-10-15(14)19/h7-13H,1-6H3/t13-/m1/s1. The van der Waals surface area contributed by atoms with Crippen molar-refractivity contribution >= 4 is 29.3 Å². The molecule has 0 spiro atoms. The molecule has 0 N–H and O–H groups in total. The quantitative estimate of drug-likeness (QED) is 0.702. The van der Waals surface area contributed by atoms with E-state index in [2.05, 4.69) is 10.2 Å². The fraction of sp³-hybridized carbons (Fsp3) is 0.500. The first kappa shape index (κ1) is 19.8. The molecule has 1 aromatic heterocycles. The van der Waals surface area contributed by atoms with Crippen molar-refractivity contribution < 1.29 is 4.79 Å². The Morgan fingerprint density at radius 2 is 1.72 bits per heavy atom. The lowest BCUT2D eigenvalue weighted by Gasteiger charge is -2.32. The lowest BCUT2D eigenvalue weighted by molar-refractivity contribution is -0.133. The van der Waals surface area contributed by atoms with Crippen LogP contribution >= 0.6 is 23.4 Å². The van der Waals surface area contributed by atoms with Crippen molar-refractivity contribution in [1.29, 1.82) is 0 Å². The first-order valence-electron chi connectivity index (χ1n) is 8.37. The van der Waals surface area contributed by atoms with Gasteiger partial charge in [0.1, 0.15) is 0 Å². The summed E-state index contributed by atoms with van der Waals surface area (Å²) in [7, 11) is 1.89. The van der Waals surface area contributed by atoms with Gasteiger partial charge in [-0.3, -0.25) is 4.79 Å². The Hall–Kier alpha value is -1.53. The van der Waals surface area contributed by atoms with Crippen LogP contribution in [-0.2, 0) is 11.8 Å².